The lowest BCUT2D eigenvalue weighted by Gasteiger charge is -2.27. The zero-order chi connectivity index (χ0) is 10.4. The number of ether oxygens (including phenoxy) is 1. The van der Waals surface area contributed by atoms with Crippen molar-refractivity contribution in [3.05, 3.63) is 11.6 Å². The van der Waals surface area contributed by atoms with Crippen molar-refractivity contribution in [3.8, 4) is 0 Å². The quantitative estimate of drug-likeness (QED) is 0.706. The van der Waals surface area contributed by atoms with E-state index in [9.17, 15) is 5.11 Å². The van der Waals surface area contributed by atoms with E-state index in [-0.39, 0.29) is 0 Å². The lowest BCUT2D eigenvalue weighted by Crippen LogP contribution is -2.32. The summed E-state index contributed by atoms with van der Waals surface area (Å²) in [4.78, 5) is 0. The molecule has 0 aromatic carbocycles. The normalized spacial score (nSPS) is 23.2. The fourth-order valence-electron chi connectivity index (χ4n) is 2.05. The van der Waals surface area contributed by atoms with E-state index in [0.717, 1.165) is 12.8 Å². The third kappa shape index (κ3) is 3.43. The minimum atomic E-state index is -0.758. The lowest BCUT2D eigenvalue weighted by molar-refractivity contribution is 0.00847. The molecule has 0 spiro atoms. The molecule has 0 saturated carbocycles. The van der Waals surface area contributed by atoms with E-state index in [1.807, 2.05) is 6.92 Å². The molecule has 1 unspecified atom stereocenters. The van der Waals surface area contributed by atoms with E-state index in [2.05, 4.69) is 6.08 Å². The molecular weight excluding hydrogens is 176 g/mol. The highest BCUT2D eigenvalue weighted by Gasteiger charge is 2.25. The third-order valence-corrected chi connectivity index (χ3v) is 2.91. The molecule has 1 atom stereocenters. The van der Waals surface area contributed by atoms with Gasteiger partial charge in [-0.25, -0.2) is 0 Å². The van der Waals surface area contributed by atoms with E-state index in [4.69, 9.17) is 4.74 Å². The first-order chi connectivity index (χ1) is 6.67. The minimum absolute atomic E-state index is 0.402. The molecule has 82 valence electrons. The standard InChI is InChI=1S/C12H22O2/c1-12(13,10-14-2)11-8-6-4-3-5-7-9-11/h8,13H,3-7,9-10H2,1-2H3. The topological polar surface area (TPSA) is 29.5 Å². The van der Waals surface area contributed by atoms with Gasteiger partial charge in [0, 0.05) is 7.11 Å². The third-order valence-electron chi connectivity index (χ3n) is 2.91. The number of hydrogen-bond acceptors (Lipinski definition) is 2. The first kappa shape index (κ1) is 11.7. The summed E-state index contributed by atoms with van der Waals surface area (Å²) in [6.45, 7) is 2.25. The SMILES string of the molecule is COCC(C)(O)C1=CCCCCCC1. The second-order valence-electron chi connectivity index (χ2n) is 4.39. The van der Waals surface area contributed by atoms with E-state index in [1.54, 1.807) is 7.11 Å². The van der Waals surface area contributed by atoms with Gasteiger partial charge in [0.15, 0.2) is 0 Å². The van der Waals surface area contributed by atoms with Crippen LogP contribution in [0.15, 0.2) is 11.6 Å². The molecule has 2 nitrogen and oxygen atoms in total. The molecule has 14 heavy (non-hydrogen) atoms. The van der Waals surface area contributed by atoms with E-state index >= 15 is 0 Å². The molecule has 0 aliphatic heterocycles. The lowest BCUT2D eigenvalue weighted by atomic mass is 9.88. The summed E-state index contributed by atoms with van der Waals surface area (Å²) in [7, 11) is 1.64. The van der Waals surface area contributed by atoms with Crippen LogP contribution in [0.5, 0.6) is 0 Å². The second-order valence-corrected chi connectivity index (χ2v) is 4.39. The van der Waals surface area contributed by atoms with Gasteiger partial charge >= 0.3 is 0 Å². The largest absolute Gasteiger partial charge is 0.383 e. The maximum Gasteiger partial charge on any atom is 0.106 e. The second kappa shape index (κ2) is 5.52. The van der Waals surface area contributed by atoms with Crippen molar-refractivity contribution in [1.82, 2.24) is 0 Å². The Labute approximate surface area is 87.0 Å². The van der Waals surface area contributed by atoms with Crippen LogP contribution >= 0.6 is 0 Å². The van der Waals surface area contributed by atoms with E-state index in [0.29, 0.717) is 6.61 Å². The van der Waals surface area contributed by atoms with Gasteiger partial charge in [-0.2, -0.15) is 0 Å². The fourth-order valence-corrected chi connectivity index (χ4v) is 2.05. The van der Waals surface area contributed by atoms with Crippen LogP contribution in [0.4, 0.5) is 0 Å². The Morgan fingerprint density at radius 1 is 1.36 bits per heavy atom. The Morgan fingerprint density at radius 2 is 2.07 bits per heavy atom. The van der Waals surface area contributed by atoms with Gasteiger partial charge in [0.25, 0.3) is 0 Å². The van der Waals surface area contributed by atoms with E-state index < -0.39 is 5.60 Å². The zero-order valence-corrected chi connectivity index (χ0v) is 9.38. The van der Waals surface area contributed by atoms with Crippen molar-refractivity contribution >= 4 is 0 Å². The van der Waals surface area contributed by atoms with Crippen LogP contribution in [0.25, 0.3) is 0 Å². The van der Waals surface area contributed by atoms with Crippen molar-refractivity contribution < 1.29 is 9.84 Å². The number of rotatable bonds is 3. The molecule has 1 aliphatic carbocycles. The van der Waals surface area contributed by atoms with Crippen LogP contribution in [0.1, 0.15) is 45.4 Å². The van der Waals surface area contributed by atoms with Crippen LogP contribution < -0.4 is 0 Å². The van der Waals surface area contributed by atoms with Crippen LogP contribution in [0.2, 0.25) is 0 Å². The smallest absolute Gasteiger partial charge is 0.106 e. The van der Waals surface area contributed by atoms with Gasteiger partial charge in [-0.15, -0.1) is 0 Å². The highest BCUT2D eigenvalue weighted by atomic mass is 16.5. The average Bonchev–Trinajstić information content (AvgIpc) is 2.01. The van der Waals surface area contributed by atoms with Crippen molar-refractivity contribution in [1.29, 1.82) is 0 Å². The Morgan fingerprint density at radius 3 is 2.79 bits per heavy atom. The summed E-state index contributed by atoms with van der Waals surface area (Å²) < 4.78 is 5.04. The molecule has 1 aliphatic rings. The minimum Gasteiger partial charge on any atom is -0.383 e. The average molecular weight is 198 g/mol. The number of methoxy groups -OCH3 is 1. The van der Waals surface area contributed by atoms with Gasteiger partial charge in [-0.3, -0.25) is 0 Å². The summed E-state index contributed by atoms with van der Waals surface area (Å²) in [6.07, 6.45) is 9.42. The monoisotopic (exact) mass is 198 g/mol. The number of allylic oxidation sites excluding steroid dienone is 1. The highest BCUT2D eigenvalue weighted by molar-refractivity contribution is 5.15. The van der Waals surface area contributed by atoms with Gasteiger partial charge in [-0.05, 0) is 38.2 Å². The van der Waals surface area contributed by atoms with Crippen molar-refractivity contribution in [3.63, 3.8) is 0 Å². The molecule has 0 fully saturated rings. The molecule has 0 bridgehead atoms. The fraction of sp³-hybridized carbons (Fsp3) is 0.833. The van der Waals surface area contributed by atoms with Gasteiger partial charge in [-0.1, -0.05) is 18.9 Å². The predicted molar refractivity (Wildman–Crippen MR) is 58.3 cm³/mol. The molecule has 2 heteroatoms. The van der Waals surface area contributed by atoms with Gasteiger partial charge in [0.05, 0.1) is 6.61 Å². The van der Waals surface area contributed by atoms with Crippen molar-refractivity contribution in [2.75, 3.05) is 13.7 Å². The Balaban J connectivity index is 2.61. The Hall–Kier alpha value is -0.340. The summed E-state index contributed by atoms with van der Waals surface area (Å²) >= 11 is 0. The molecule has 0 saturated heterocycles. The first-order valence-corrected chi connectivity index (χ1v) is 5.57. The maximum absolute atomic E-state index is 10.2. The molecule has 0 radical (unpaired) electrons. The number of aliphatic hydroxyl groups is 1. The molecule has 1 rings (SSSR count). The molecule has 1 N–H and O–H groups in total. The number of hydrogen-bond donors (Lipinski definition) is 1. The molecular formula is C12H22O2. The first-order valence-electron chi connectivity index (χ1n) is 5.57. The van der Waals surface area contributed by atoms with Crippen LogP contribution in [-0.4, -0.2) is 24.4 Å². The molecule has 0 aromatic heterocycles. The van der Waals surface area contributed by atoms with Crippen LogP contribution in [0.3, 0.4) is 0 Å². The van der Waals surface area contributed by atoms with Gasteiger partial charge in [0.1, 0.15) is 5.60 Å². The summed E-state index contributed by atoms with van der Waals surface area (Å²) in [5.74, 6) is 0. The molecule has 0 heterocycles. The Bertz CT molecular complexity index is 194. The van der Waals surface area contributed by atoms with Gasteiger partial charge < -0.3 is 9.84 Å². The van der Waals surface area contributed by atoms with Crippen LogP contribution in [0, 0.1) is 0 Å². The highest BCUT2D eigenvalue weighted by Crippen LogP contribution is 2.26. The molecule has 0 aromatic rings. The predicted octanol–water partition coefficient (Wildman–Crippen LogP) is 2.66. The zero-order valence-electron chi connectivity index (χ0n) is 9.38. The van der Waals surface area contributed by atoms with Crippen molar-refractivity contribution in [2.45, 2.75) is 51.0 Å². The Kier molecular flexibility index (Phi) is 4.63. The van der Waals surface area contributed by atoms with Gasteiger partial charge in [0.2, 0.25) is 0 Å². The van der Waals surface area contributed by atoms with Crippen molar-refractivity contribution in [2.24, 2.45) is 0 Å². The summed E-state index contributed by atoms with van der Waals surface area (Å²) in [6, 6.07) is 0. The van der Waals surface area contributed by atoms with Crippen LogP contribution in [-0.2, 0) is 4.74 Å². The van der Waals surface area contributed by atoms with E-state index in [1.165, 1.54) is 31.3 Å². The maximum atomic E-state index is 10.2. The molecule has 0 amide bonds. The summed E-state index contributed by atoms with van der Waals surface area (Å²) in [5.41, 5.74) is 0.408. The summed E-state index contributed by atoms with van der Waals surface area (Å²) in [5, 5.41) is 10.2.